The number of fused-ring (bicyclic) bond motifs is 1. The Labute approximate surface area is 120 Å². The molecule has 98 valence electrons. The second kappa shape index (κ2) is 4.94. The Kier molecular flexibility index (Phi) is 3.85. The number of Topliss-reactive ketones (excluding diaryl/α,β-unsaturated/α-hetero) is 1. The minimum Gasteiger partial charge on any atom is -0.293 e. The van der Waals surface area contributed by atoms with Crippen LogP contribution in [0, 0.1) is 0 Å². The third-order valence-corrected chi connectivity index (χ3v) is 6.03. The first-order valence-corrected chi connectivity index (χ1v) is 8.55. The number of halogens is 2. The minimum absolute atomic E-state index is 0.0391. The van der Waals surface area contributed by atoms with E-state index in [2.05, 4.69) is 15.9 Å². The lowest BCUT2D eigenvalue weighted by molar-refractivity contribution is 0.100. The highest BCUT2D eigenvalue weighted by Gasteiger charge is 2.31. The highest BCUT2D eigenvalue weighted by Crippen LogP contribution is 2.33. The molecule has 0 aromatic heterocycles. The first-order chi connectivity index (χ1) is 8.36. The van der Waals surface area contributed by atoms with Gasteiger partial charge in [0.25, 0.3) is 0 Å². The molecule has 0 aliphatic heterocycles. The van der Waals surface area contributed by atoms with Crippen molar-refractivity contribution in [3.05, 3.63) is 28.3 Å². The molecular formula is C12H12BrClO3S. The van der Waals surface area contributed by atoms with Gasteiger partial charge in [-0.2, -0.15) is 0 Å². The highest BCUT2D eigenvalue weighted by atomic mass is 79.9. The lowest BCUT2D eigenvalue weighted by atomic mass is 10.1. The zero-order valence-corrected chi connectivity index (χ0v) is 12.9. The monoisotopic (exact) mass is 350 g/mol. The van der Waals surface area contributed by atoms with Gasteiger partial charge in [-0.15, -0.1) is 0 Å². The summed E-state index contributed by atoms with van der Waals surface area (Å²) in [6, 6.07) is 3.02. The lowest BCUT2D eigenvalue weighted by Gasteiger charge is -2.07. The van der Waals surface area contributed by atoms with Crippen LogP contribution in [-0.2, 0) is 16.3 Å². The summed E-state index contributed by atoms with van der Waals surface area (Å²) in [5.74, 6) is -0.0353. The molecule has 1 aromatic rings. The van der Waals surface area contributed by atoms with Gasteiger partial charge in [0.05, 0.1) is 20.5 Å². The summed E-state index contributed by atoms with van der Waals surface area (Å²) >= 11 is 9.29. The van der Waals surface area contributed by atoms with Crippen molar-refractivity contribution in [3.8, 4) is 0 Å². The summed E-state index contributed by atoms with van der Waals surface area (Å²) in [4.78, 5) is 11.7. The molecule has 0 spiro atoms. The molecule has 6 heteroatoms. The second-order valence-corrected chi connectivity index (χ2v) is 7.88. The Bertz CT molecular complexity index is 610. The van der Waals surface area contributed by atoms with Gasteiger partial charge >= 0.3 is 0 Å². The molecule has 1 unspecified atom stereocenters. The summed E-state index contributed by atoms with van der Waals surface area (Å²) in [7, 11) is -3.40. The molecule has 0 saturated heterocycles. The minimum atomic E-state index is -3.40. The fraction of sp³-hybridized carbons (Fsp3) is 0.417. The van der Waals surface area contributed by atoms with Gasteiger partial charge in [-0.25, -0.2) is 8.42 Å². The number of sulfone groups is 1. The Morgan fingerprint density at radius 2 is 2.11 bits per heavy atom. The number of alkyl halides is 1. The molecule has 0 amide bonds. The van der Waals surface area contributed by atoms with Crippen LogP contribution in [0.5, 0.6) is 0 Å². The van der Waals surface area contributed by atoms with Gasteiger partial charge in [-0.05, 0) is 30.5 Å². The van der Waals surface area contributed by atoms with Crippen molar-refractivity contribution in [3.63, 3.8) is 0 Å². The molecule has 1 aliphatic rings. The predicted molar refractivity (Wildman–Crippen MR) is 74.5 cm³/mol. The topological polar surface area (TPSA) is 51.2 Å². The number of benzene rings is 1. The molecule has 0 bridgehead atoms. The van der Waals surface area contributed by atoms with E-state index in [0.29, 0.717) is 18.4 Å². The third kappa shape index (κ3) is 2.36. The van der Waals surface area contributed by atoms with Crippen LogP contribution in [0.4, 0.5) is 0 Å². The van der Waals surface area contributed by atoms with Gasteiger partial charge in [0, 0.05) is 5.56 Å². The Morgan fingerprint density at radius 3 is 2.72 bits per heavy atom. The summed E-state index contributed by atoms with van der Waals surface area (Å²) in [5.41, 5.74) is 1.28. The van der Waals surface area contributed by atoms with E-state index in [-0.39, 0.29) is 26.3 Å². The molecule has 0 heterocycles. The number of ketones is 1. The highest BCUT2D eigenvalue weighted by molar-refractivity contribution is 9.10. The van der Waals surface area contributed by atoms with E-state index < -0.39 is 9.84 Å². The van der Waals surface area contributed by atoms with Crippen LogP contribution < -0.4 is 0 Å². The Morgan fingerprint density at radius 1 is 1.44 bits per heavy atom. The molecule has 1 aliphatic carbocycles. The zero-order chi connectivity index (χ0) is 13.5. The normalized spacial score (nSPS) is 19.1. The molecular weight excluding hydrogens is 340 g/mol. The van der Waals surface area contributed by atoms with Gasteiger partial charge < -0.3 is 0 Å². The van der Waals surface area contributed by atoms with Crippen molar-refractivity contribution in [2.45, 2.75) is 29.5 Å². The number of carbonyl (C=O) groups is 1. The smallest absolute Gasteiger partial charge is 0.179 e. The van der Waals surface area contributed by atoms with E-state index in [1.807, 2.05) is 0 Å². The molecule has 18 heavy (non-hydrogen) atoms. The van der Waals surface area contributed by atoms with Gasteiger partial charge in [0.15, 0.2) is 15.6 Å². The largest absolute Gasteiger partial charge is 0.293 e. The maximum Gasteiger partial charge on any atom is 0.179 e. The van der Waals surface area contributed by atoms with Crippen LogP contribution in [0.25, 0.3) is 0 Å². The molecule has 1 atom stereocenters. The maximum absolute atomic E-state index is 12.0. The number of hydrogen-bond donors (Lipinski definition) is 0. The number of rotatable bonds is 3. The van der Waals surface area contributed by atoms with Crippen LogP contribution in [0.15, 0.2) is 17.0 Å². The number of hydrogen-bond acceptors (Lipinski definition) is 3. The molecule has 1 aromatic carbocycles. The first kappa shape index (κ1) is 14.0. The molecule has 0 N–H and O–H groups in total. The Hall–Kier alpha value is -0.390. The van der Waals surface area contributed by atoms with Gasteiger partial charge in [0.2, 0.25) is 0 Å². The van der Waals surface area contributed by atoms with Crippen molar-refractivity contribution >= 4 is 43.2 Å². The summed E-state index contributed by atoms with van der Waals surface area (Å²) in [5, 5.41) is 0.205. The van der Waals surface area contributed by atoms with Crippen LogP contribution in [0.3, 0.4) is 0 Å². The maximum atomic E-state index is 12.0. The van der Waals surface area contributed by atoms with Gasteiger partial charge in [-0.3, -0.25) is 4.79 Å². The van der Waals surface area contributed by atoms with E-state index in [9.17, 15) is 13.2 Å². The first-order valence-electron chi connectivity index (χ1n) is 5.60. The summed E-state index contributed by atoms with van der Waals surface area (Å²) in [6.07, 6.45) is 1.08. The quantitative estimate of drug-likeness (QED) is 0.787. The van der Waals surface area contributed by atoms with E-state index in [4.69, 9.17) is 11.6 Å². The average molecular weight is 352 g/mol. The van der Waals surface area contributed by atoms with Crippen molar-refractivity contribution in [1.82, 2.24) is 0 Å². The van der Waals surface area contributed by atoms with E-state index >= 15 is 0 Å². The molecule has 0 fully saturated rings. The van der Waals surface area contributed by atoms with Crippen LogP contribution >= 0.6 is 27.5 Å². The SMILES string of the molecule is CCCS(=O)(=O)c1cc2c(cc1Cl)CC(Br)C2=O. The summed E-state index contributed by atoms with van der Waals surface area (Å²) in [6.45, 7) is 1.79. The Balaban J connectivity index is 2.57. The molecule has 0 saturated carbocycles. The zero-order valence-electron chi connectivity index (χ0n) is 9.74. The second-order valence-electron chi connectivity index (χ2n) is 4.29. The third-order valence-electron chi connectivity index (χ3n) is 2.91. The van der Waals surface area contributed by atoms with Gasteiger partial charge in [0.1, 0.15) is 0 Å². The summed E-state index contributed by atoms with van der Waals surface area (Å²) < 4.78 is 24.1. The molecule has 2 rings (SSSR count). The lowest BCUT2D eigenvalue weighted by Crippen LogP contribution is -2.09. The predicted octanol–water partition coefficient (Wildman–Crippen LogP) is 3.03. The van der Waals surface area contributed by atoms with Crippen LogP contribution in [-0.4, -0.2) is 24.8 Å². The molecule has 0 radical (unpaired) electrons. The van der Waals surface area contributed by atoms with Crippen molar-refractivity contribution in [2.75, 3.05) is 5.75 Å². The van der Waals surface area contributed by atoms with E-state index in [1.165, 1.54) is 6.07 Å². The van der Waals surface area contributed by atoms with E-state index in [0.717, 1.165) is 5.56 Å². The fourth-order valence-electron chi connectivity index (χ4n) is 2.06. The standard InChI is InChI=1S/C12H12BrClO3S/c1-2-3-18(16,17)11-6-8-7(5-10(11)14)4-9(13)12(8)15/h5-6,9H,2-4H2,1H3. The van der Waals surface area contributed by atoms with Crippen LogP contribution in [0.2, 0.25) is 5.02 Å². The average Bonchev–Trinajstić information content (AvgIpc) is 2.53. The number of carbonyl (C=O) groups excluding carboxylic acids is 1. The molecule has 3 nitrogen and oxygen atoms in total. The van der Waals surface area contributed by atoms with Crippen molar-refractivity contribution in [2.24, 2.45) is 0 Å². The van der Waals surface area contributed by atoms with Crippen molar-refractivity contribution < 1.29 is 13.2 Å². The van der Waals surface area contributed by atoms with Gasteiger partial charge in [-0.1, -0.05) is 34.5 Å². The van der Waals surface area contributed by atoms with Crippen molar-refractivity contribution in [1.29, 1.82) is 0 Å². The van der Waals surface area contributed by atoms with Crippen LogP contribution in [0.1, 0.15) is 29.3 Å². The fourth-order valence-corrected chi connectivity index (χ4v) is 4.61. The van der Waals surface area contributed by atoms with E-state index in [1.54, 1.807) is 13.0 Å².